The van der Waals surface area contributed by atoms with Crippen molar-refractivity contribution in [3.63, 3.8) is 0 Å². The molecule has 0 atom stereocenters. The maximum Gasteiger partial charge on any atom is 0.417 e. The van der Waals surface area contributed by atoms with E-state index < -0.39 is 24.6 Å². The summed E-state index contributed by atoms with van der Waals surface area (Å²) < 4.78 is 60.7. The number of hydrogen-bond acceptors (Lipinski definition) is 3. The molecule has 0 unspecified atom stereocenters. The third-order valence-electron chi connectivity index (χ3n) is 2.10. The van der Waals surface area contributed by atoms with Gasteiger partial charge in [-0.05, 0) is 26.0 Å². The van der Waals surface area contributed by atoms with Gasteiger partial charge in [0.2, 0.25) is 0 Å². The van der Waals surface area contributed by atoms with E-state index in [1.807, 2.05) is 0 Å². The minimum atomic E-state index is -4.60. The van der Waals surface area contributed by atoms with Gasteiger partial charge in [-0.3, -0.25) is 4.57 Å². The summed E-state index contributed by atoms with van der Waals surface area (Å²) in [6, 6.07) is 4.58. The van der Waals surface area contributed by atoms with E-state index in [9.17, 15) is 17.7 Å². The highest BCUT2D eigenvalue weighted by Gasteiger charge is 2.40. The first-order valence-corrected chi connectivity index (χ1v) is 6.95. The fourth-order valence-electron chi connectivity index (χ4n) is 1.47. The quantitative estimate of drug-likeness (QED) is 0.774. The van der Waals surface area contributed by atoms with E-state index in [1.54, 1.807) is 13.8 Å². The molecule has 0 saturated heterocycles. The average Bonchev–Trinajstić information content (AvgIpc) is 2.28. The first-order chi connectivity index (χ1) is 8.35. The molecule has 0 aliphatic rings. The van der Waals surface area contributed by atoms with Crippen molar-refractivity contribution < 1.29 is 26.8 Å². The fourth-order valence-corrected chi connectivity index (χ4v) is 3.27. The molecular weight excluding hydrogens is 268 g/mol. The molecule has 7 heteroatoms. The minimum Gasteiger partial charge on any atom is -0.305 e. The molecule has 0 saturated carbocycles. The SMILES string of the molecule is CCOP(=O)(OCC)c1ccccc1C(F)(F)F. The third-order valence-corrected chi connectivity index (χ3v) is 4.28. The van der Waals surface area contributed by atoms with Crippen molar-refractivity contribution in [3.05, 3.63) is 29.8 Å². The van der Waals surface area contributed by atoms with Crippen LogP contribution in [0.15, 0.2) is 24.3 Å². The molecule has 0 fully saturated rings. The van der Waals surface area contributed by atoms with Gasteiger partial charge in [-0.25, -0.2) is 0 Å². The first kappa shape index (κ1) is 15.2. The summed E-state index contributed by atoms with van der Waals surface area (Å²) in [6.07, 6.45) is -4.60. The standard InChI is InChI=1S/C11H14F3O3P/c1-3-16-18(15,17-4-2)10-8-6-5-7-9(10)11(12,13)14/h5-8H,3-4H2,1-2H3. The number of alkyl halides is 3. The lowest BCUT2D eigenvalue weighted by molar-refractivity contribution is -0.136. The molecule has 0 N–H and O–H groups in total. The van der Waals surface area contributed by atoms with Gasteiger partial charge >= 0.3 is 13.8 Å². The molecule has 18 heavy (non-hydrogen) atoms. The molecule has 0 aliphatic carbocycles. The molecule has 0 radical (unpaired) electrons. The first-order valence-electron chi connectivity index (χ1n) is 5.41. The van der Waals surface area contributed by atoms with Crippen molar-refractivity contribution in [2.45, 2.75) is 20.0 Å². The van der Waals surface area contributed by atoms with Gasteiger partial charge in [0.15, 0.2) is 0 Å². The molecule has 1 rings (SSSR count). The highest BCUT2D eigenvalue weighted by atomic mass is 31.2. The van der Waals surface area contributed by atoms with Crippen LogP contribution >= 0.6 is 7.60 Å². The second kappa shape index (κ2) is 5.87. The van der Waals surface area contributed by atoms with Gasteiger partial charge in [0.1, 0.15) is 0 Å². The van der Waals surface area contributed by atoms with Crippen LogP contribution in [0.3, 0.4) is 0 Å². The van der Waals surface area contributed by atoms with Crippen molar-refractivity contribution in [2.75, 3.05) is 13.2 Å². The van der Waals surface area contributed by atoms with Gasteiger partial charge in [0, 0.05) is 0 Å². The Hall–Kier alpha value is -0.840. The third kappa shape index (κ3) is 3.34. The van der Waals surface area contributed by atoms with Crippen molar-refractivity contribution in [1.82, 2.24) is 0 Å². The zero-order valence-corrected chi connectivity index (χ0v) is 10.9. The summed E-state index contributed by atoms with van der Waals surface area (Å²) in [5, 5.41) is -0.443. The number of benzene rings is 1. The summed E-state index contributed by atoms with van der Waals surface area (Å²) in [5.74, 6) is 0. The molecule has 0 aromatic heterocycles. The lowest BCUT2D eigenvalue weighted by Gasteiger charge is -2.20. The summed E-state index contributed by atoms with van der Waals surface area (Å²) in [5.41, 5.74) is -0.991. The molecule has 102 valence electrons. The Bertz CT molecular complexity index is 435. The van der Waals surface area contributed by atoms with Crippen molar-refractivity contribution in [2.24, 2.45) is 0 Å². The van der Waals surface area contributed by atoms with Crippen LogP contribution in [0.5, 0.6) is 0 Å². The monoisotopic (exact) mass is 282 g/mol. The van der Waals surface area contributed by atoms with Gasteiger partial charge in [-0.2, -0.15) is 13.2 Å². The summed E-state index contributed by atoms with van der Waals surface area (Å²) in [6.45, 7) is 3.09. The summed E-state index contributed by atoms with van der Waals surface area (Å²) in [4.78, 5) is 0. The van der Waals surface area contributed by atoms with Crippen LogP contribution < -0.4 is 5.30 Å². The molecular formula is C11H14F3O3P. The van der Waals surface area contributed by atoms with Gasteiger partial charge in [-0.15, -0.1) is 0 Å². The molecule has 1 aromatic rings. The second-order valence-electron chi connectivity index (χ2n) is 3.35. The Morgan fingerprint density at radius 3 is 2.06 bits per heavy atom. The highest BCUT2D eigenvalue weighted by Crippen LogP contribution is 2.49. The number of rotatable bonds is 5. The molecule has 3 nitrogen and oxygen atoms in total. The van der Waals surface area contributed by atoms with E-state index in [2.05, 4.69) is 0 Å². The highest BCUT2D eigenvalue weighted by molar-refractivity contribution is 7.62. The van der Waals surface area contributed by atoms with E-state index >= 15 is 0 Å². The number of hydrogen-bond donors (Lipinski definition) is 0. The molecule has 0 heterocycles. The summed E-state index contributed by atoms with van der Waals surface area (Å²) >= 11 is 0. The van der Waals surface area contributed by atoms with Crippen LogP contribution in [0.4, 0.5) is 13.2 Å². The molecule has 0 amide bonds. The molecule has 0 spiro atoms. The van der Waals surface area contributed by atoms with E-state index in [0.717, 1.165) is 12.1 Å². The van der Waals surface area contributed by atoms with E-state index in [0.29, 0.717) is 0 Å². The van der Waals surface area contributed by atoms with Crippen LogP contribution in [-0.2, 0) is 19.8 Å². The Kier molecular flexibility index (Phi) is 4.96. The van der Waals surface area contributed by atoms with Crippen LogP contribution in [0.1, 0.15) is 19.4 Å². The largest absolute Gasteiger partial charge is 0.417 e. The summed E-state index contributed by atoms with van der Waals surface area (Å²) in [7, 11) is -3.93. The minimum absolute atomic E-state index is 0.00344. The Morgan fingerprint density at radius 2 is 1.61 bits per heavy atom. The van der Waals surface area contributed by atoms with Crippen molar-refractivity contribution in [1.29, 1.82) is 0 Å². The smallest absolute Gasteiger partial charge is 0.305 e. The lowest BCUT2D eigenvalue weighted by atomic mass is 10.2. The van der Waals surface area contributed by atoms with Gasteiger partial charge < -0.3 is 9.05 Å². The van der Waals surface area contributed by atoms with Crippen molar-refractivity contribution in [3.8, 4) is 0 Å². The number of halogens is 3. The van der Waals surface area contributed by atoms with Crippen LogP contribution in [0.2, 0.25) is 0 Å². The Labute approximate surface area is 103 Å². The zero-order chi connectivity index (χ0) is 13.8. The predicted octanol–water partition coefficient (Wildman–Crippen LogP) is 3.60. The van der Waals surface area contributed by atoms with E-state index in [1.165, 1.54) is 12.1 Å². The van der Waals surface area contributed by atoms with Crippen molar-refractivity contribution >= 4 is 12.9 Å². The normalized spacial score (nSPS) is 12.7. The van der Waals surface area contributed by atoms with Gasteiger partial charge in [0.05, 0.1) is 24.1 Å². The topological polar surface area (TPSA) is 35.5 Å². The maximum absolute atomic E-state index is 12.8. The molecule has 0 bridgehead atoms. The van der Waals surface area contributed by atoms with Crippen LogP contribution in [0, 0.1) is 0 Å². The second-order valence-corrected chi connectivity index (χ2v) is 5.34. The average molecular weight is 282 g/mol. The maximum atomic E-state index is 12.8. The molecule has 1 aromatic carbocycles. The predicted molar refractivity (Wildman–Crippen MR) is 61.9 cm³/mol. The van der Waals surface area contributed by atoms with Crippen LogP contribution in [-0.4, -0.2) is 13.2 Å². The van der Waals surface area contributed by atoms with Gasteiger partial charge in [-0.1, -0.05) is 12.1 Å². The zero-order valence-electron chi connectivity index (χ0n) is 10.0. The Balaban J connectivity index is 3.33. The fraction of sp³-hybridized carbons (Fsp3) is 0.455. The molecule has 0 aliphatic heterocycles. The van der Waals surface area contributed by atoms with Crippen LogP contribution in [0.25, 0.3) is 0 Å². The lowest BCUT2D eigenvalue weighted by Crippen LogP contribution is -2.21. The Morgan fingerprint density at radius 1 is 1.11 bits per heavy atom. The van der Waals surface area contributed by atoms with Gasteiger partial charge in [0.25, 0.3) is 0 Å². The van der Waals surface area contributed by atoms with E-state index in [-0.39, 0.29) is 13.2 Å². The van der Waals surface area contributed by atoms with E-state index in [4.69, 9.17) is 9.05 Å².